The van der Waals surface area contributed by atoms with E-state index in [-0.39, 0.29) is 20.7 Å². The quantitative estimate of drug-likeness (QED) is 0.516. The number of para-hydroxylation sites is 2. The lowest BCUT2D eigenvalue weighted by molar-refractivity contribution is -0.137. The van der Waals surface area contributed by atoms with Gasteiger partial charge in [-0.3, -0.25) is 0 Å². The number of nitrogens with one attached hydrogen (secondary N) is 1. The molecule has 162 valence electrons. The molecule has 0 saturated carbocycles. The van der Waals surface area contributed by atoms with Crippen molar-refractivity contribution in [3.05, 3.63) is 89.4 Å². The molecule has 0 aromatic heterocycles. The van der Waals surface area contributed by atoms with Gasteiger partial charge in [-0.1, -0.05) is 41.9 Å². The van der Waals surface area contributed by atoms with Crippen LogP contribution < -0.4 is 14.6 Å². The number of hydrazine groups is 1. The van der Waals surface area contributed by atoms with Crippen molar-refractivity contribution in [2.24, 2.45) is 0 Å². The fourth-order valence-electron chi connectivity index (χ4n) is 2.51. The van der Waals surface area contributed by atoms with Crippen LogP contribution in [0.4, 0.5) is 23.7 Å². The first kappa shape index (κ1) is 22.6. The molecule has 1 amide bonds. The highest BCUT2D eigenvalue weighted by atomic mass is 35.5. The van der Waals surface area contributed by atoms with Crippen molar-refractivity contribution in [3.8, 4) is 5.75 Å². The Hall–Kier alpha value is -3.08. The molecule has 0 fully saturated rings. The van der Waals surface area contributed by atoms with E-state index >= 15 is 0 Å². The van der Waals surface area contributed by atoms with E-state index in [1.54, 1.807) is 6.07 Å². The summed E-state index contributed by atoms with van der Waals surface area (Å²) in [4.78, 5) is 14.3. The third-order valence-corrected chi connectivity index (χ3v) is 5.48. The maximum absolute atomic E-state index is 13.5. The number of carbonyl (C=O) groups is 1. The molecule has 6 nitrogen and oxygen atoms in total. The van der Waals surface area contributed by atoms with E-state index in [0.29, 0.717) is 6.07 Å². The number of sulfonamides is 1. The normalized spacial score (nSPS) is 11.7. The van der Waals surface area contributed by atoms with E-state index in [1.807, 2.05) is 4.83 Å². The summed E-state index contributed by atoms with van der Waals surface area (Å²) in [6.07, 6.45) is -6.26. The van der Waals surface area contributed by atoms with Crippen LogP contribution in [0.25, 0.3) is 0 Å². The highest BCUT2D eigenvalue weighted by Gasteiger charge is 2.37. The molecule has 31 heavy (non-hydrogen) atoms. The van der Waals surface area contributed by atoms with Gasteiger partial charge in [-0.05, 0) is 48.5 Å². The minimum absolute atomic E-state index is 0.00711. The van der Waals surface area contributed by atoms with Crippen molar-refractivity contribution in [2.45, 2.75) is 11.1 Å². The summed E-state index contributed by atoms with van der Waals surface area (Å²) in [5.74, 6) is 0.00711. The van der Waals surface area contributed by atoms with Gasteiger partial charge in [0.15, 0.2) is 0 Å². The van der Waals surface area contributed by atoms with Gasteiger partial charge in [0.25, 0.3) is 10.0 Å². The van der Waals surface area contributed by atoms with Crippen molar-refractivity contribution < 1.29 is 31.1 Å². The number of benzene rings is 3. The Kier molecular flexibility index (Phi) is 6.54. The van der Waals surface area contributed by atoms with E-state index in [0.717, 1.165) is 24.3 Å². The fourth-order valence-corrected chi connectivity index (χ4v) is 3.65. The Morgan fingerprint density at radius 1 is 0.903 bits per heavy atom. The Morgan fingerprint density at radius 2 is 1.48 bits per heavy atom. The molecule has 3 rings (SSSR count). The summed E-state index contributed by atoms with van der Waals surface area (Å²) in [5, 5.41) is 0.446. The zero-order valence-electron chi connectivity index (χ0n) is 15.5. The number of amides is 1. The Balaban J connectivity index is 2.05. The van der Waals surface area contributed by atoms with Gasteiger partial charge in [0.2, 0.25) is 0 Å². The summed E-state index contributed by atoms with van der Waals surface area (Å²) in [7, 11) is -4.47. The molecule has 0 aliphatic rings. The maximum atomic E-state index is 13.5. The number of ether oxygens (including phenoxy) is 1. The summed E-state index contributed by atoms with van der Waals surface area (Å²) in [5.41, 5.74) is -1.99. The molecule has 0 spiro atoms. The lowest BCUT2D eigenvalue weighted by atomic mass is 10.1. The number of carbonyl (C=O) groups excluding carboxylic acids is 1. The molecule has 0 radical (unpaired) electrons. The number of alkyl halides is 3. The first-order chi connectivity index (χ1) is 14.6. The molecule has 0 unspecified atom stereocenters. The minimum atomic E-state index is -4.87. The highest BCUT2D eigenvalue weighted by molar-refractivity contribution is 7.89. The Labute approximate surface area is 180 Å². The second-order valence-electron chi connectivity index (χ2n) is 6.08. The summed E-state index contributed by atoms with van der Waals surface area (Å²) in [6, 6.07) is 16.3. The number of hydrogen-bond acceptors (Lipinski definition) is 4. The molecular formula is C20H14ClF3N2O4S. The van der Waals surface area contributed by atoms with Gasteiger partial charge >= 0.3 is 12.3 Å². The van der Waals surface area contributed by atoms with Crippen LogP contribution in [-0.2, 0) is 16.2 Å². The number of rotatable bonds is 5. The smallest absolute Gasteiger partial charge is 0.409 e. The van der Waals surface area contributed by atoms with E-state index in [4.69, 9.17) is 16.3 Å². The predicted octanol–water partition coefficient (Wildman–Crippen LogP) is 5.26. The molecule has 0 aliphatic carbocycles. The van der Waals surface area contributed by atoms with Crippen molar-refractivity contribution >= 4 is 33.4 Å². The SMILES string of the molecule is O=C(Oc1ccccc1)N(NS(=O)(=O)c1ccc(Cl)cc1)c1ccccc1C(F)(F)F. The molecule has 0 atom stereocenters. The van der Waals surface area contributed by atoms with Crippen molar-refractivity contribution in [3.63, 3.8) is 0 Å². The van der Waals surface area contributed by atoms with Gasteiger partial charge in [0.1, 0.15) is 5.75 Å². The summed E-state index contributed by atoms with van der Waals surface area (Å²) >= 11 is 5.75. The zero-order valence-corrected chi connectivity index (χ0v) is 17.1. The molecule has 0 bridgehead atoms. The molecule has 0 saturated heterocycles. The van der Waals surface area contributed by atoms with Crippen LogP contribution in [0.3, 0.4) is 0 Å². The number of hydrogen-bond donors (Lipinski definition) is 1. The van der Waals surface area contributed by atoms with Gasteiger partial charge in [-0.25, -0.2) is 13.2 Å². The number of anilines is 1. The van der Waals surface area contributed by atoms with Gasteiger partial charge in [-0.15, -0.1) is 4.83 Å². The molecule has 0 heterocycles. The average molecular weight is 471 g/mol. The minimum Gasteiger partial charge on any atom is -0.409 e. The fraction of sp³-hybridized carbons (Fsp3) is 0.0500. The number of halogens is 4. The lowest BCUT2D eigenvalue weighted by Crippen LogP contribution is -2.48. The van der Waals surface area contributed by atoms with Crippen LogP contribution in [0.2, 0.25) is 5.02 Å². The maximum Gasteiger partial charge on any atom is 0.435 e. The molecule has 11 heteroatoms. The third kappa shape index (κ3) is 5.54. The largest absolute Gasteiger partial charge is 0.435 e. The summed E-state index contributed by atoms with van der Waals surface area (Å²) in [6.45, 7) is 0. The van der Waals surface area contributed by atoms with Crippen LogP contribution in [0.1, 0.15) is 5.56 Å². The van der Waals surface area contributed by atoms with Crippen LogP contribution in [-0.4, -0.2) is 14.5 Å². The van der Waals surface area contributed by atoms with E-state index in [1.165, 1.54) is 42.5 Å². The molecule has 3 aromatic carbocycles. The van der Waals surface area contributed by atoms with E-state index in [9.17, 15) is 26.4 Å². The average Bonchev–Trinajstić information content (AvgIpc) is 2.72. The number of nitrogens with zero attached hydrogens (tertiary/aromatic N) is 1. The van der Waals surface area contributed by atoms with Gasteiger partial charge in [0, 0.05) is 5.02 Å². The standard InChI is InChI=1S/C20H14ClF3N2O4S/c21-14-10-12-16(13-11-14)31(28,29)25-26(19(27)30-15-6-2-1-3-7-15)18-9-5-4-8-17(18)20(22,23)24/h1-13,25H. The van der Waals surface area contributed by atoms with Crippen LogP contribution in [0.5, 0.6) is 5.75 Å². The second-order valence-corrected chi connectivity index (χ2v) is 8.18. The van der Waals surface area contributed by atoms with Crippen molar-refractivity contribution in [1.82, 2.24) is 4.83 Å². The van der Waals surface area contributed by atoms with Crippen LogP contribution in [0.15, 0.2) is 83.8 Å². The molecule has 3 aromatic rings. The molecular weight excluding hydrogens is 457 g/mol. The van der Waals surface area contributed by atoms with Crippen molar-refractivity contribution in [1.29, 1.82) is 0 Å². The monoisotopic (exact) mass is 470 g/mol. The lowest BCUT2D eigenvalue weighted by Gasteiger charge is -2.25. The zero-order chi connectivity index (χ0) is 22.6. The highest BCUT2D eigenvalue weighted by Crippen LogP contribution is 2.36. The summed E-state index contributed by atoms with van der Waals surface area (Å²) < 4.78 is 71.2. The third-order valence-electron chi connectivity index (χ3n) is 3.92. The molecule has 0 aliphatic heterocycles. The predicted molar refractivity (Wildman–Crippen MR) is 108 cm³/mol. The Bertz CT molecular complexity index is 1170. The first-order valence-electron chi connectivity index (χ1n) is 8.59. The van der Waals surface area contributed by atoms with Crippen LogP contribution >= 0.6 is 11.6 Å². The first-order valence-corrected chi connectivity index (χ1v) is 10.5. The van der Waals surface area contributed by atoms with Crippen molar-refractivity contribution in [2.75, 3.05) is 5.01 Å². The van der Waals surface area contributed by atoms with Gasteiger partial charge < -0.3 is 4.74 Å². The molecule has 1 N–H and O–H groups in total. The topological polar surface area (TPSA) is 75.7 Å². The second kappa shape index (κ2) is 8.96. The van der Waals surface area contributed by atoms with Gasteiger partial charge in [-0.2, -0.15) is 18.2 Å². The van der Waals surface area contributed by atoms with Crippen LogP contribution in [0, 0.1) is 0 Å². The van der Waals surface area contributed by atoms with E-state index in [2.05, 4.69) is 0 Å². The van der Waals surface area contributed by atoms with E-state index < -0.39 is 33.5 Å². The Morgan fingerprint density at radius 3 is 2.10 bits per heavy atom. The van der Waals surface area contributed by atoms with Gasteiger partial charge in [0.05, 0.1) is 16.1 Å².